The van der Waals surface area contributed by atoms with E-state index < -0.39 is 24.2 Å². The van der Waals surface area contributed by atoms with Crippen LogP contribution in [-0.4, -0.2) is 91.1 Å². The normalized spacial score (nSPS) is 13.6. The van der Waals surface area contributed by atoms with Crippen LogP contribution in [0.4, 0.5) is 5.82 Å². The fourth-order valence-corrected chi connectivity index (χ4v) is 5.03. The summed E-state index contributed by atoms with van der Waals surface area (Å²) >= 11 is 0. The first-order valence-electron chi connectivity index (χ1n) is 12.5. The SMILES string of the molecule is COc1ccc(-c2nnn(CC(=O)O)n2)c2[nH]cc(C(=O)C(=O)N3CCN(c4nccc5ccccc45)CC3)c12. The monoisotopic (exact) mass is 540 g/mol. The van der Waals surface area contributed by atoms with Gasteiger partial charge >= 0.3 is 5.97 Å². The largest absolute Gasteiger partial charge is 0.496 e. The predicted molar refractivity (Wildman–Crippen MR) is 144 cm³/mol. The van der Waals surface area contributed by atoms with Gasteiger partial charge in [-0.2, -0.15) is 4.80 Å². The lowest BCUT2D eigenvalue weighted by Gasteiger charge is -2.35. The fraction of sp³-hybridized carbons (Fsp3) is 0.222. The Labute approximate surface area is 227 Å². The third-order valence-corrected chi connectivity index (χ3v) is 6.95. The Morgan fingerprint density at radius 1 is 1.05 bits per heavy atom. The number of hydrogen-bond donors (Lipinski definition) is 2. The van der Waals surface area contributed by atoms with Crippen molar-refractivity contribution in [3.05, 3.63) is 60.4 Å². The van der Waals surface area contributed by atoms with Gasteiger partial charge in [0.05, 0.1) is 23.6 Å². The molecule has 13 heteroatoms. The molecule has 0 bridgehead atoms. The number of carboxylic acid groups (broad SMARTS) is 1. The van der Waals surface area contributed by atoms with Crippen LogP contribution in [0.2, 0.25) is 0 Å². The van der Waals surface area contributed by atoms with Gasteiger partial charge in [0.15, 0.2) is 6.54 Å². The first-order chi connectivity index (χ1) is 19.4. The predicted octanol–water partition coefficient (Wildman–Crippen LogP) is 1.99. The third-order valence-electron chi connectivity index (χ3n) is 6.95. The molecule has 0 saturated carbocycles. The van der Waals surface area contributed by atoms with E-state index in [2.05, 4.69) is 30.3 Å². The number of pyridine rings is 1. The maximum atomic E-state index is 13.5. The molecule has 3 aromatic heterocycles. The van der Waals surface area contributed by atoms with Gasteiger partial charge in [0.2, 0.25) is 5.82 Å². The molecule has 5 aromatic rings. The van der Waals surface area contributed by atoms with E-state index in [4.69, 9.17) is 9.84 Å². The van der Waals surface area contributed by atoms with Crippen molar-refractivity contribution < 1.29 is 24.2 Å². The molecule has 0 spiro atoms. The number of anilines is 1. The highest BCUT2D eigenvalue weighted by Crippen LogP contribution is 2.35. The van der Waals surface area contributed by atoms with E-state index in [0.29, 0.717) is 48.4 Å². The molecule has 0 atom stereocenters. The van der Waals surface area contributed by atoms with Crippen molar-refractivity contribution in [1.29, 1.82) is 0 Å². The number of ether oxygens (including phenoxy) is 1. The summed E-state index contributed by atoms with van der Waals surface area (Å²) in [5.74, 6) is -0.964. The number of aromatic nitrogens is 6. The average Bonchev–Trinajstić information content (AvgIpc) is 3.63. The molecule has 0 radical (unpaired) electrons. The molecule has 2 aromatic carbocycles. The molecule has 4 heterocycles. The number of Topliss-reactive ketones (excluding diaryl/α,β-unsaturated/α-hetero) is 1. The number of benzene rings is 2. The number of piperazine rings is 1. The molecule has 0 unspecified atom stereocenters. The summed E-state index contributed by atoms with van der Waals surface area (Å²) < 4.78 is 5.50. The van der Waals surface area contributed by atoms with E-state index in [1.165, 1.54) is 13.3 Å². The lowest BCUT2D eigenvalue weighted by molar-refractivity contribution is -0.138. The molecule has 2 N–H and O–H groups in total. The molecular weight excluding hydrogens is 516 g/mol. The van der Waals surface area contributed by atoms with Gasteiger partial charge in [-0.05, 0) is 28.8 Å². The molecule has 1 aliphatic rings. The number of amides is 1. The lowest BCUT2D eigenvalue weighted by Crippen LogP contribution is -2.50. The van der Waals surface area contributed by atoms with Crippen molar-refractivity contribution in [3.8, 4) is 17.1 Å². The fourth-order valence-electron chi connectivity index (χ4n) is 5.03. The molecule has 13 nitrogen and oxygen atoms in total. The highest BCUT2D eigenvalue weighted by atomic mass is 16.5. The van der Waals surface area contributed by atoms with E-state index in [1.54, 1.807) is 23.2 Å². The summed E-state index contributed by atoms with van der Waals surface area (Å²) in [6, 6.07) is 13.3. The molecule has 1 fully saturated rings. The van der Waals surface area contributed by atoms with E-state index in [0.717, 1.165) is 21.4 Å². The molecular formula is C27H24N8O5. The maximum absolute atomic E-state index is 13.5. The molecule has 6 rings (SSSR count). The number of H-pyrrole nitrogens is 1. The van der Waals surface area contributed by atoms with Gasteiger partial charge in [-0.3, -0.25) is 14.4 Å². The van der Waals surface area contributed by atoms with Gasteiger partial charge in [-0.1, -0.05) is 24.3 Å². The molecule has 1 aliphatic heterocycles. The first-order valence-corrected chi connectivity index (χ1v) is 12.5. The Hall–Kier alpha value is -5.33. The Morgan fingerprint density at radius 3 is 2.62 bits per heavy atom. The van der Waals surface area contributed by atoms with Crippen LogP contribution in [-0.2, 0) is 16.1 Å². The van der Waals surface area contributed by atoms with Crippen molar-refractivity contribution in [3.63, 3.8) is 0 Å². The topological polar surface area (TPSA) is 159 Å². The third kappa shape index (κ3) is 4.36. The second-order valence-corrected chi connectivity index (χ2v) is 9.27. The maximum Gasteiger partial charge on any atom is 0.327 e. The molecule has 202 valence electrons. The number of methoxy groups -OCH3 is 1. The second kappa shape index (κ2) is 10.1. The Balaban J connectivity index is 1.24. The van der Waals surface area contributed by atoms with Crippen molar-refractivity contribution in [2.24, 2.45) is 0 Å². The van der Waals surface area contributed by atoms with Gasteiger partial charge in [0.1, 0.15) is 11.6 Å². The highest BCUT2D eigenvalue weighted by Gasteiger charge is 2.30. The summed E-state index contributed by atoms with van der Waals surface area (Å²) in [6.45, 7) is 1.38. The minimum absolute atomic E-state index is 0.162. The number of ketones is 1. The smallest absolute Gasteiger partial charge is 0.327 e. The summed E-state index contributed by atoms with van der Waals surface area (Å²) in [6.07, 6.45) is 3.24. The number of carbonyl (C=O) groups excluding carboxylic acids is 2. The van der Waals surface area contributed by atoms with E-state index in [1.807, 2.05) is 30.3 Å². The van der Waals surface area contributed by atoms with Gasteiger partial charge < -0.3 is 24.6 Å². The standard InChI is InChI=1S/C27H24N8O5/c1-40-20-7-6-18(25-30-32-35(31-25)15-21(36)37)23-22(20)19(14-29-23)24(38)27(39)34-12-10-33(11-13-34)26-17-5-3-2-4-16(17)8-9-28-26/h2-9,14,29H,10-13,15H2,1H3,(H,36,37). The number of hydrogen-bond acceptors (Lipinski definition) is 9. The van der Waals surface area contributed by atoms with E-state index >= 15 is 0 Å². The van der Waals surface area contributed by atoms with Crippen LogP contribution >= 0.6 is 0 Å². The minimum Gasteiger partial charge on any atom is -0.496 e. The van der Waals surface area contributed by atoms with Crippen molar-refractivity contribution in [1.82, 2.24) is 35.1 Å². The van der Waals surface area contributed by atoms with Crippen LogP contribution < -0.4 is 9.64 Å². The first kappa shape index (κ1) is 25.0. The van der Waals surface area contributed by atoms with E-state index in [9.17, 15) is 14.4 Å². The van der Waals surface area contributed by atoms with Crippen LogP contribution in [0.15, 0.2) is 54.9 Å². The van der Waals surface area contributed by atoms with Crippen LogP contribution in [0.1, 0.15) is 10.4 Å². The molecule has 0 aliphatic carbocycles. The summed E-state index contributed by atoms with van der Waals surface area (Å²) in [5, 5.41) is 23.4. The van der Waals surface area contributed by atoms with Crippen molar-refractivity contribution in [2.75, 3.05) is 38.2 Å². The number of rotatable bonds is 7. The molecule has 40 heavy (non-hydrogen) atoms. The number of nitrogens with one attached hydrogen (secondary N) is 1. The van der Waals surface area contributed by atoms with Crippen LogP contribution in [0, 0.1) is 0 Å². The number of tetrazole rings is 1. The van der Waals surface area contributed by atoms with Gasteiger partial charge in [0, 0.05) is 49.5 Å². The number of nitrogens with zero attached hydrogens (tertiary/aromatic N) is 7. The Bertz CT molecular complexity index is 1760. The highest BCUT2D eigenvalue weighted by molar-refractivity contribution is 6.45. The van der Waals surface area contributed by atoms with Crippen LogP contribution in [0.3, 0.4) is 0 Å². The Kier molecular flexibility index (Phi) is 6.30. The average molecular weight is 541 g/mol. The number of carbonyl (C=O) groups is 3. The number of fused-ring (bicyclic) bond motifs is 2. The lowest BCUT2D eigenvalue weighted by atomic mass is 10.0. The minimum atomic E-state index is -1.11. The van der Waals surface area contributed by atoms with Gasteiger partial charge in [-0.15, -0.1) is 10.2 Å². The zero-order valence-corrected chi connectivity index (χ0v) is 21.4. The molecule has 1 amide bonds. The number of aromatic amines is 1. The van der Waals surface area contributed by atoms with Crippen molar-refractivity contribution in [2.45, 2.75) is 6.54 Å². The zero-order chi connectivity index (χ0) is 27.8. The van der Waals surface area contributed by atoms with E-state index in [-0.39, 0.29) is 11.4 Å². The van der Waals surface area contributed by atoms with Crippen LogP contribution in [0.25, 0.3) is 33.1 Å². The second-order valence-electron chi connectivity index (χ2n) is 9.27. The zero-order valence-electron chi connectivity index (χ0n) is 21.4. The van der Waals surface area contributed by atoms with Gasteiger partial charge in [-0.25, -0.2) is 4.98 Å². The number of aliphatic carboxylic acids is 1. The summed E-state index contributed by atoms with van der Waals surface area (Å²) in [5.41, 5.74) is 1.11. The summed E-state index contributed by atoms with van der Waals surface area (Å²) in [4.78, 5) is 50.1. The van der Waals surface area contributed by atoms with Crippen molar-refractivity contribution >= 4 is 45.2 Å². The summed E-state index contributed by atoms with van der Waals surface area (Å²) in [7, 11) is 1.47. The Morgan fingerprint density at radius 2 is 1.85 bits per heavy atom. The number of carboxylic acids is 1. The molecule has 1 saturated heterocycles. The van der Waals surface area contributed by atoms with Gasteiger partial charge in [0.25, 0.3) is 11.7 Å². The van der Waals surface area contributed by atoms with Crippen LogP contribution in [0.5, 0.6) is 5.75 Å². The quantitative estimate of drug-likeness (QED) is 0.231.